The maximum atomic E-state index is 12.5. The largest absolute Gasteiger partial charge is 0.355 e. The maximum Gasteiger partial charge on any atom is 0.253 e. The van der Waals surface area contributed by atoms with E-state index in [2.05, 4.69) is 25.4 Å². The van der Waals surface area contributed by atoms with Crippen molar-refractivity contribution in [1.29, 1.82) is 0 Å². The fraction of sp³-hybridized carbons (Fsp3) is 0.348. The van der Waals surface area contributed by atoms with Crippen LogP contribution in [0.4, 0.5) is 5.82 Å². The number of amides is 1. The standard InChI is InChI=1S/C23H26N6O2/c1-17-15-22(30)29(16-25-17)14-11-24-23(31)19-9-12-28(13-10-19)21-8-7-20(26-27-21)18-5-3-2-4-6-18/h2-8,15-16,19H,9-14H2,1H3,(H,24,31). The van der Waals surface area contributed by atoms with Crippen molar-refractivity contribution in [2.24, 2.45) is 5.92 Å². The molecule has 1 saturated heterocycles. The number of aryl methyl sites for hydroxylation is 1. The van der Waals surface area contributed by atoms with Crippen LogP contribution in [0.5, 0.6) is 0 Å². The molecule has 2 aromatic heterocycles. The van der Waals surface area contributed by atoms with Crippen LogP contribution in [0.2, 0.25) is 0 Å². The van der Waals surface area contributed by atoms with Gasteiger partial charge in [0, 0.05) is 49.4 Å². The van der Waals surface area contributed by atoms with Crippen LogP contribution in [-0.4, -0.2) is 45.3 Å². The van der Waals surface area contributed by atoms with E-state index in [1.54, 1.807) is 6.92 Å². The minimum atomic E-state index is -0.102. The molecular formula is C23H26N6O2. The van der Waals surface area contributed by atoms with Gasteiger partial charge in [-0.3, -0.25) is 14.2 Å². The second kappa shape index (κ2) is 9.51. The molecule has 8 nitrogen and oxygen atoms in total. The highest BCUT2D eigenvalue weighted by Gasteiger charge is 2.25. The second-order valence-corrected chi connectivity index (χ2v) is 7.76. The van der Waals surface area contributed by atoms with Gasteiger partial charge in [-0.05, 0) is 31.9 Å². The third-order valence-corrected chi connectivity index (χ3v) is 5.58. The Labute approximate surface area is 181 Å². The van der Waals surface area contributed by atoms with E-state index in [0.717, 1.165) is 43.0 Å². The average molecular weight is 419 g/mol. The quantitative estimate of drug-likeness (QED) is 0.659. The predicted octanol–water partition coefficient (Wildman–Crippen LogP) is 2.04. The zero-order valence-corrected chi connectivity index (χ0v) is 17.6. The topological polar surface area (TPSA) is 93.0 Å². The Bertz CT molecular complexity index is 1070. The highest BCUT2D eigenvalue weighted by molar-refractivity contribution is 5.78. The van der Waals surface area contributed by atoms with Gasteiger partial charge < -0.3 is 10.2 Å². The smallest absolute Gasteiger partial charge is 0.253 e. The second-order valence-electron chi connectivity index (χ2n) is 7.76. The molecule has 8 heteroatoms. The van der Waals surface area contributed by atoms with Crippen LogP contribution < -0.4 is 15.8 Å². The molecule has 0 aliphatic carbocycles. The van der Waals surface area contributed by atoms with Gasteiger partial charge in [0.15, 0.2) is 5.82 Å². The summed E-state index contributed by atoms with van der Waals surface area (Å²) in [7, 11) is 0. The average Bonchev–Trinajstić information content (AvgIpc) is 2.81. The predicted molar refractivity (Wildman–Crippen MR) is 119 cm³/mol. The normalized spacial score (nSPS) is 14.4. The van der Waals surface area contributed by atoms with E-state index in [4.69, 9.17) is 0 Å². The Morgan fingerprint density at radius 1 is 1.10 bits per heavy atom. The Morgan fingerprint density at radius 2 is 1.87 bits per heavy atom. The van der Waals surface area contributed by atoms with Crippen LogP contribution >= 0.6 is 0 Å². The molecule has 0 unspecified atom stereocenters. The number of nitrogens with one attached hydrogen (secondary N) is 1. The molecule has 3 aromatic rings. The van der Waals surface area contributed by atoms with Gasteiger partial charge in [0.05, 0.1) is 12.0 Å². The number of carbonyl (C=O) groups excluding carboxylic acids is 1. The SMILES string of the molecule is Cc1cc(=O)n(CCNC(=O)C2CCN(c3ccc(-c4ccccc4)nn3)CC2)cn1. The number of nitrogens with zero attached hydrogens (tertiary/aromatic N) is 5. The lowest BCUT2D eigenvalue weighted by Crippen LogP contribution is -2.42. The zero-order chi connectivity index (χ0) is 21.6. The van der Waals surface area contributed by atoms with Crippen molar-refractivity contribution in [3.63, 3.8) is 0 Å². The van der Waals surface area contributed by atoms with Crippen LogP contribution in [0, 0.1) is 12.8 Å². The number of benzene rings is 1. The lowest BCUT2D eigenvalue weighted by molar-refractivity contribution is -0.125. The monoisotopic (exact) mass is 418 g/mol. The lowest BCUT2D eigenvalue weighted by Gasteiger charge is -2.31. The highest BCUT2D eigenvalue weighted by Crippen LogP contribution is 2.23. The molecular weight excluding hydrogens is 392 g/mol. The van der Waals surface area contributed by atoms with Gasteiger partial charge in [0.25, 0.3) is 5.56 Å². The minimum absolute atomic E-state index is 0.0272. The summed E-state index contributed by atoms with van der Waals surface area (Å²) in [6.45, 7) is 4.14. The van der Waals surface area contributed by atoms with E-state index < -0.39 is 0 Å². The number of hydrogen-bond acceptors (Lipinski definition) is 6. The number of piperidine rings is 1. The summed E-state index contributed by atoms with van der Waals surface area (Å²) in [4.78, 5) is 30.7. The number of carbonyl (C=O) groups is 1. The third-order valence-electron chi connectivity index (χ3n) is 5.58. The summed E-state index contributed by atoms with van der Waals surface area (Å²) >= 11 is 0. The fourth-order valence-corrected chi connectivity index (χ4v) is 3.76. The molecule has 1 fully saturated rings. The highest BCUT2D eigenvalue weighted by atomic mass is 16.2. The van der Waals surface area contributed by atoms with E-state index in [-0.39, 0.29) is 17.4 Å². The number of anilines is 1. The molecule has 1 N–H and O–H groups in total. The Hall–Kier alpha value is -3.55. The lowest BCUT2D eigenvalue weighted by atomic mass is 9.96. The molecule has 0 bridgehead atoms. The summed E-state index contributed by atoms with van der Waals surface area (Å²) < 4.78 is 1.51. The first-order chi connectivity index (χ1) is 15.1. The molecule has 0 atom stereocenters. The zero-order valence-electron chi connectivity index (χ0n) is 17.6. The summed E-state index contributed by atoms with van der Waals surface area (Å²) in [6, 6.07) is 15.4. The van der Waals surface area contributed by atoms with Crippen molar-refractivity contribution in [3.05, 3.63) is 70.9 Å². The molecule has 0 spiro atoms. The van der Waals surface area contributed by atoms with Crippen LogP contribution in [0.3, 0.4) is 0 Å². The van der Waals surface area contributed by atoms with E-state index in [1.807, 2.05) is 42.5 Å². The third kappa shape index (κ3) is 5.14. The fourth-order valence-electron chi connectivity index (χ4n) is 3.76. The van der Waals surface area contributed by atoms with Crippen molar-refractivity contribution in [2.75, 3.05) is 24.5 Å². The van der Waals surface area contributed by atoms with Gasteiger partial charge in [0.1, 0.15) is 0 Å². The minimum Gasteiger partial charge on any atom is -0.355 e. The Morgan fingerprint density at radius 3 is 2.55 bits per heavy atom. The molecule has 0 radical (unpaired) electrons. The summed E-state index contributed by atoms with van der Waals surface area (Å²) in [5.41, 5.74) is 2.48. The summed E-state index contributed by atoms with van der Waals surface area (Å²) in [5.74, 6) is 0.851. The van der Waals surface area contributed by atoms with E-state index in [9.17, 15) is 9.59 Å². The molecule has 31 heavy (non-hydrogen) atoms. The number of hydrogen-bond donors (Lipinski definition) is 1. The van der Waals surface area contributed by atoms with Gasteiger partial charge in [0.2, 0.25) is 5.91 Å². The van der Waals surface area contributed by atoms with Crippen molar-refractivity contribution >= 4 is 11.7 Å². The van der Waals surface area contributed by atoms with Crippen molar-refractivity contribution in [3.8, 4) is 11.3 Å². The molecule has 4 rings (SSSR count). The molecule has 3 heterocycles. The molecule has 1 aliphatic heterocycles. The van der Waals surface area contributed by atoms with E-state index >= 15 is 0 Å². The molecule has 0 saturated carbocycles. The molecule has 1 amide bonds. The maximum absolute atomic E-state index is 12.5. The molecule has 1 aliphatic rings. The Balaban J connectivity index is 1.25. The first-order valence-electron chi connectivity index (χ1n) is 10.5. The van der Waals surface area contributed by atoms with Crippen molar-refractivity contribution < 1.29 is 4.79 Å². The summed E-state index contributed by atoms with van der Waals surface area (Å²) in [5, 5.41) is 11.7. The first-order valence-corrected chi connectivity index (χ1v) is 10.5. The van der Waals surface area contributed by atoms with Gasteiger partial charge in [-0.1, -0.05) is 30.3 Å². The van der Waals surface area contributed by atoms with Gasteiger partial charge in [-0.25, -0.2) is 4.98 Å². The van der Waals surface area contributed by atoms with Crippen LogP contribution in [0.15, 0.2) is 59.7 Å². The van der Waals surface area contributed by atoms with E-state index in [1.165, 1.54) is 17.0 Å². The Kier molecular flexibility index (Phi) is 6.35. The van der Waals surface area contributed by atoms with Crippen molar-refractivity contribution in [2.45, 2.75) is 26.3 Å². The van der Waals surface area contributed by atoms with Gasteiger partial charge in [-0.15, -0.1) is 10.2 Å². The number of aromatic nitrogens is 4. The van der Waals surface area contributed by atoms with Crippen LogP contribution in [0.25, 0.3) is 11.3 Å². The van der Waals surface area contributed by atoms with Gasteiger partial charge >= 0.3 is 0 Å². The van der Waals surface area contributed by atoms with Crippen molar-refractivity contribution in [1.82, 2.24) is 25.1 Å². The van der Waals surface area contributed by atoms with Gasteiger partial charge in [-0.2, -0.15) is 0 Å². The first kappa shape index (κ1) is 20.7. The molecule has 160 valence electrons. The summed E-state index contributed by atoms with van der Waals surface area (Å²) in [6.07, 6.45) is 3.05. The van der Waals surface area contributed by atoms with E-state index in [0.29, 0.717) is 18.8 Å². The molecule has 1 aromatic carbocycles. The van der Waals surface area contributed by atoms with Crippen LogP contribution in [0.1, 0.15) is 18.5 Å². The van der Waals surface area contributed by atoms with Crippen LogP contribution in [-0.2, 0) is 11.3 Å². The number of rotatable bonds is 6.